The number of fused-ring (bicyclic) bond motifs is 5. The lowest BCUT2D eigenvalue weighted by Gasteiger charge is -2.70. The first-order valence-electron chi connectivity index (χ1n) is 21.8. The number of hydrogen-bond donors (Lipinski definition) is 1. The molecule has 1 heterocycles. The minimum absolute atomic E-state index is 0.0136. The van der Waals surface area contributed by atoms with E-state index in [0.29, 0.717) is 40.6 Å². The summed E-state index contributed by atoms with van der Waals surface area (Å²) in [5.74, 6) is 2.76. The van der Waals surface area contributed by atoms with Crippen molar-refractivity contribution in [2.24, 2.45) is 45.3 Å². The second-order valence-corrected chi connectivity index (χ2v) is 20.1. The van der Waals surface area contributed by atoms with Gasteiger partial charge in [0.2, 0.25) is 0 Å². The fraction of sp³-hybridized carbons (Fsp3) is 0.978. The van der Waals surface area contributed by atoms with Gasteiger partial charge in [0.15, 0.2) is 0 Å². The number of rotatable bonds is 17. The minimum Gasteiger partial charge on any atom is -0.462 e. The third kappa shape index (κ3) is 8.16. The van der Waals surface area contributed by atoms with Crippen molar-refractivity contribution in [3.63, 3.8) is 0 Å². The van der Waals surface area contributed by atoms with Crippen LogP contribution in [0.1, 0.15) is 209 Å². The number of ether oxygens (including phenoxy) is 2. The molecule has 0 unspecified atom stereocenters. The van der Waals surface area contributed by atoms with Crippen molar-refractivity contribution >= 4 is 5.97 Å². The highest BCUT2D eigenvalue weighted by Crippen LogP contribution is 2.75. The lowest BCUT2D eigenvalue weighted by atomic mass is 9.35. The lowest BCUT2D eigenvalue weighted by molar-refractivity contribution is -0.229. The Balaban J connectivity index is 1.08. The summed E-state index contributed by atoms with van der Waals surface area (Å²) in [6, 6.07) is 0. The van der Waals surface area contributed by atoms with Gasteiger partial charge in [-0.05, 0) is 124 Å². The SMILES string of the molecule is CCCCCCCCCCCCCCCC(=O)O[C@H]1CC[C@]2(C)[C@H]3CC[C@@H]4[C@@H]([C@@H]5CC[C@@H](C(C)(C)O)O5)CC[C@@]4(C)[C@]3(C)CC[C@H]2C1(C)C. The molecule has 4 nitrogen and oxygen atoms in total. The highest BCUT2D eigenvalue weighted by atomic mass is 16.5. The zero-order valence-corrected chi connectivity index (χ0v) is 33.7. The first kappa shape index (κ1) is 39.6. The second-order valence-electron chi connectivity index (χ2n) is 20.1. The van der Waals surface area contributed by atoms with Crippen molar-refractivity contribution in [2.75, 3.05) is 0 Å². The fourth-order valence-corrected chi connectivity index (χ4v) is 13.4. The molecule has 284 valence electrons. The van der Waals surface area contributed by atoms with E-state index in [1.54, 1.807) is 0 Å². The maximum atomic E-state index is 13.2. The normalized spacial score (nSPS) is 40.1. The molecule has 0 spiro atoms. The highest BCUT2D eigenvalue weighted by molar-refractivity contribution is 5.69. The van der Waals surface area contributed by atoms with Crippen LogP contribution in [0, 0.1) is 45.3 Å². The summed E-state index contributed by atoms with van der Waals surface area (Å²) in [4.78, 5) is 13.2. The maximum Gasteiger partial charge on any atom is 0.306 e. The maximum absolute atomic E-state index is 13.2. The van der Waals surface area contributed by atoms with Crippen LogP contribution >= 0.6 is 0 Å². The first-order valence-corrected chi connectivity index (χ1v) is 21.8. The molecule has 1 N–H and O–H groups in total. The molecule has 4 heteroatoms. The van der Waals surface area contributed by atoms with Crippen molar-refractivity contribution in [1.82, 2.24) is 0 Å². The van der Waals surface area contributed by atoms with Gasteiger partial charge in [0.1, 0.15) is 6.10 Å². The van der Waals surface area contributed by atoms with Crippen LogP contribution in [0.2, 0.25) is 0 Å². The van der Waals surface area contributed by atoms with Gasteiger partial charge in [0, 0.05) is 11.8 Å². The summed E-state index contributed by atoms with van der Waals surface area (Å²) in [5, 5.41) is 10.7. The van der Waals surface area contributed by atoms with E-state index in [-0.39, 0.29) is 23.6 Å². The first-order chi connectivity index (χ1) is 23.2. The van der Waals surface area contributed by atoms with Gasteiger partial charge in [0.25, 0.3) is 0 Å². The Labute approximate surface area is 303 Å². The Morgan fingerprint density at radius 3 is 1.88 bits per heavy atom. The van der Waals surface area contributed by atoms with E-state index >= 15 is 0 Å². The smallest absolute Gasteiger partial charge is 0.306 e. The Morgan fingerprint density at radius 2 is 1.29 bits per heavy atom. The monoisotopic (exact) mass is 685 g/mol. The summed E-state index contributed by atoms with van der Waals surface area (Å²) < 4.78 is 13.0. The summed E-state index contributed by atoms with van der Waals surface area (Å²) in [7, 11) is 0. The average Bonchev–Trinajstić information content (AvgIpc) is 3.67. The molecule has 10 atom stereocenters. The van der Waals surface area contributed by atoms with Crippen LogP contribution in [0.5, 0.6) is 0 Å². The van der Waals surface area contributed by atoms with E-state index < -0.39 is 5.60 Å². The standard InChI is InChI=1S/C45H80O4/c1-9-10-11-12-13-14-15-16-17-18-19-20-21-22-40(46)49-38-29-30-43(6)36(41(38,2)3)28-32-45(8)37(43)25-23-34-33(27-31-44(34,45)7)35-24-26-39(48-35)42(4,5)47/h33-39,47H,9-32H2,1-8H3/t33-,34+,35-,36-,37+,38-,39-,43-,44+,45+/m0/s1. The summed E-state index contributed by atoms with van der Waals surface area (Å²) in [5.41, 5.74) is 0.264. The average molecular weight is 685 g/mol. The molecule has 4 saturated carbocycles. The van der Waals surface area contributed by atoms with E-state index in [9.17, 15) is 9.90 Å². The highest BCUT2D eigenvalue weighted by Gasteiger charge is 2.69. The molecule has 0 bridgehead atoms. The molecule has 5 rings (SSSR count). The van der Waals surface area contributed by atoms with Crippen LogP contribution in [-0.4, -0.2) is 35.0 Å². The van der Waals surface area contributed by atoms with Crippen LogP contribution in [0.15, 0.2) is 0 Å². The van der Waals surface area contributed by atoms with Crippen LogP contribution in [-0.2, 0) is 14.3 Å². The Hall–Kier alpha value is -0.610. The van der Waals surface area contributed by atoms with E-state index in [1.165, 1.54) is 116 Å². The van der Waals surface area contributed by atoms with E-state index in [4.69, 9.17) is 9.47 Å². The third-order valence-electron chi connectivity index (χ3n) is 16.5. The predicted molar refractivity (Wildman–Crippen MR) is 203 cm³/mol. The molecule has 0 aromatic carbocycles. The van der Waals surface area contributed by atoms with Crippen LogP contribution < -0.4 is 0 Å². The Morgan fingerprint density at radius 1 is 0.694 bits per heavy atom. The molecular formula is C45H80O4. The van der Waals surface area contributed by atoms with Crippen molar-refractivity contribution < 1.29 is 19.4 Å². The van der Waals surface area contributed by atoms with Crippen LogP contribution in [0.3, 0.4) is 0 Å². The van der Waals surface area contributed by atoms with Crippen LogP contribution in [0.25, 0.3) is 0 Å². The molecule has 49 heavy (non-hydrogen) atoms. The minimum atomic E-state index is -0.751. The van der Waals surface area contributed by atoms with E-state index in [2.05, 4.69) is 41.5 Å². The van der Waals surface area contributed by atoms with Crippen molar-refractivity contribution in [1.29, 1.82) is 0 Å². The molecule has 0 aromatic rings. The Kier molecular flexibility index (Phi) is 13.1. The van der Waals surface area contributed by atoms with Gasteiger partial charge in [-0.2, -0.15) is 0 Å². The zero-order valence-electron chi connectivity index (χ0n) is 33.7. The fourth-order valence-electron chi connectivity index (χ4n) is 13.4. The third-order valence-corrected chi connectivity index (χ3v) is 16.5. The molecule has 5 fully saturated rings. The number of esters is 1. The predicted octanol–water partition coefficient (Wildman–Crippen LogP) is 12.4. The van der Waals surface area contributed by atoms with E-state index in [0.717, 1.165) is 43.9 Å². The molecule has 4 aliphatic carbocycles. The van der Waals surface area contributed by atoms with Gasteiger partial charge in [0.05, 0.1) is 17.8 Å². The number of hydrogen-bond acceptors (Lipinski definition) is 4. The molecule has 0 amide bonds. The quantitative estimate of drug-likeness (QED) is 0.122. The van der Waals surface area contributed by atoms with Crippen molar-refractivity contribution in [2.45, 2.75) is 233 Å². The molecule has 5 aliphatic rings. The van der Waals surface area contributed by atoms with Gasteiger partial charge in [-0.25, -0.2) is 0 Å². The molecule has 0 aromatic heterocycles. The lowest BCUT2D eigenvalue weighted by Crippen LogP contribution is -2.64. The Bertz CT molecular complexity index is 1060. The number of aliphatic hydroxyl groups is 1. The topological polar surface area (TPSA) is 55.8 Å². The van der Waals surface area contributed by atoms with Gasteiger partial charge < -0.3 is 14.6 Å². The summed E-state index contributed by atoms with van der Waals surface area (Å²) in [6.45, 7) is 19.0. The summed E-state index contributed by atoms with van der Waals surface area (Å²) in [6.07, 6.45) is 30.4. The molecule has 1 aliphatic heterocycles. The molecule has 0 radical (unpaired) electrons. The van der Waals surface area contributed by atoms with Gasteiger partial charge in [-0.1, -0.05) is 119 Å². The van der Waals surface area contributed by atoms with Crippen molar-refractivity contribution in [3.8, 4) is 0 Å². The number of carbonyl (C=O) groups is 1. The molecular weight excluding hydrogens is 604 g/mol. The van der Waals surface area contributed by atoms with Gasteiger partial charge >= 0.3 is 5.97 Å². The zero-order chi connectivity index (χ0) is 35.5. The van der Waals surface area contributed by atoms with Crippen molar-refractivity contribution in [3.05, 3.63) is 0 Å². The van der Waals surface area contributed by atoms with E-state index in [1.807, 2.05) is 13.8 Å². The number of carbonyl (C=O) groups excluding carboxylic acids is 1. The van der Waals surface area contributed by atoms with Gasteiger partial charge in [-0.15, -0.1) is 0 Å². The van der Waals surface area contributed by atoms with Crippen LogP contribution in [0.4, 0.5) is 0 Å². The molecule has 1 saturated heterocycles. The second kappa shape index (κ2) is 16.2. The summed E-state index contributed by atoms with van der Waals surface area (Å²) >= 11 is 0. The number of unbranched alkanes of at least 4 members (excludes halogenated alkanes) is 12. The van der Waals surface area contributed by atoms with Gasteiger partial charge in [-0.3, -0.25) is 4.79 Å². The largest absolute Gasteiger partial charge is 0.462 e.